The fourth-order valence-electron chi connectivity index (χ4n) is 2.74. The van der Waals surface area contributed by atoms with Crippen LogP contribution in [0.25, 0.3) is 0 Å². The quantitative estimate of drug-likeness (QED) is 0.140. The number of carbonyl (C=O) groups excluding carboxylic acids is 1. The summed E-state index contributed by atoms with van der Waals surface area (Å²) >= 11 is 0. The summed E-state index contributed by atoms with van der Waals surface area (Å²) in [5, 5.41) is 0. The minimum atomic E-state index is 0.181. The molecule has 0 heterocycles. The number of methoxy groups -OCH3 is 1. The highest BCUT2D eigenvalue weighted by molar-refractivity contribution is 5.56. The van der Waals surface area contributed by atoms with E-state index in [2.05, 4.69) is 60.2 Å². The second-order valence-electron chi connectivity index (χ2n) is 8.21. The van der Waals surface area contributed by atoms with Crippen molar-refractivity contribution in [1.82, 2.24) is 0 Å². The van der Waals surface area contributed by atoms with E-state index < -0.39 is 0 Å². The van der Waals surface area contributed by atoms with Gasteiger partial charge in [0.2, 0.25) is 0 Å². The molecule has 1 atom stereocenters. The van der Waals surface area contributed by atoms with Crippen molar-refractivity contribution in [2.24, 2.45) is 11.8 Å². The van der Waals surface area contributed by atoms with Gasteiger partial charge in [0.15, 0.2) is 11.5 Å². The number of carbonyl (C=O) groups is 1. The topological polar surface area (TPSA) is 35.5 Å². The van der Waals surface area contributed by atoms with Crippen LogP contribution in [-0.4, -0.2) is 13.6 Å². The molecule has 0 saturated carbocycles. The summed E-state index contributed by atoms with van der Waals surface area (Å²) in [6, 6.07) is 0. The molecule has 0 N–H and O–H groups in total. The molecule has 0 aliphatic heterocycles. The van der Waals surface area contributed by atoms with E-state index in [9.17, 15) is 4.79 Å². The van der Waals surface area contributed by atoms with Crippen LogP contribution in [0.4, 0.5) is 0 Å². The van der Waals surface area contributed by atoms with Gasteiger partial charge in [-0.1, -0.05) is 97.4 Å². The number of hydrogen-bond donors (Lipinski definition) is 0. The van der Waals surface area contributed by atoms with E-state index in [-0.39, 0.29) is 11.5 Å². The minimum absolute atomic E-state index is 0.181. The maximum Gasteiger partial charge on any atom is 0.298 e. The molecule has 0 aromatic rings. The first-order chi connectivity index (χ1) is 15.0. The highest BCUT2D eigenvalue weighted by Gasteiger charge is 2.10. The molecule has 3 heteroatoms. The maximum absolute atomic E-state index is 10.8. The summed E-state index contributed by atoms with van der Waals surface area (Å²) in [6.07, 6.45) is 10.5. The van der Waals surface area contributed by atoms with E-state index in [4.69, 9.17) is 9.47 Å². The van der Waals surface area contributed by atoms with Crippen LogP contribution in [-0.2, 0) is 14.3 Å². The predicted octanol–water partition coefficient (Wildman–Crippen LogP) is 7.95. The van der Waals surface area contributed by atoms with Gasteiger partial charge >= 0.3 is 0 Å². The molecule has 0 amide bonds. The normalized spacial score (nSPS) is 12.9. The van der Waals surface area contributed by atoms with Crippen molar-refractivity contribution < 1.29 is 14.3 Å². The van der Waals surface area contributed by atoms with E-state index in [0.717, 1.165) is 35.1 Å². The smallest absolute Gasteiger partial charge is 0.298 e. The average Bonchev–Trinajstić information content (AvgIpc) is 2.77. The molecule has 0 aliphatic rings. The van der Waals surface area contributed by atoms with Crippen molar-refractivity contribution in [1.29, 1.82) is 0 Å². The van der Waals surface area contributed by atoms with Gasteiger partial charge in [0.05, 0.1) is 7.11 Å². The van der Waals surface area contributed by atoms with Crippen LogP contribution in [0, 0.1) is 11.8 Å². The van der Waals surface area contributed by atoms with Crippen molar-refractivity contribution in [3.63, 3.8) is 0 Å². The zero-order valence-electron chi connectivity index (χ0n) is 20.6. The Morgan fingerprint density at radius 1 is 0.875 bits per heavy atom. The highest BCUT2D eigenvalue weighted by atomic mass is 16.5. The molecular formula is C29H40O3. The molecule has 32 heavy (non-hydrogen) atoms. The lowest BCUT2D eigenvalue weighted by atomic mass is 9.92. The Bertz CT molecular complexity index is 844. The lowest BCUT2D eigenvalue weighted by molar-refractivity contribution is -0.125. The molecule has 0 fully saturated rings. The minimum Gasteiger partial charge on any atom is -0.493 e. The fourth-order valence-corrected chi connectivity index (χ4v) is 2.74. The Hall–Kier alpha value is -3.07. The SMILES string of the molecule is C=C(/C=C\C(=C)C(C)CCC(C)C)C(=C)/C=C(/CC)C(=C)C(=C)/C=C(/OC=O)C(=C)OC. The van der Waals surface area contributed by atoms with Gasteiger partial charge in [-0.15, -0.1) is 0 Å². The third-order valence-electron chi connectivity index (χ3n) is 5.23. The highest BCUT2D eigenvalue weighted by Crippen LogP contribution is 2.26. The average molecular weight is 437 g/mol. The Balaban J connectivity index is 5.36. The van der Waals surface area contributed by atoms with Crippen molar-refractivity contribution in [2.75, 3.05) is 7.11 Å². The Morgan fingerprint density at radius 2 is 1.50 bits per heavy atom. The second kappa shape index (κ2) is 14.9. The molecule has 0 saturated heterocycles. The van der Waals surface area contributed by atoms with E-state index in [1.807, 2.05) is 25.2 Å². The standard InChI is InChI=1S/C29H40O3/c1-12-28(26(9)25(8)18-29(32-19-30)27(10)31-11)17-24(7)23(6)16-15-22(5)21(4)14-13-20(2)3/h15-21H,5-10,12-14H2,1-4,11H3/b16-15-,28-17-,29-18+. The van der Waals surface area contributed by atoms with E-state index in [1.54, 1.807) is 6.08 Å². The van der Waals surface area contributed by atoms with E-state index >= 15 is 0 Å². The maximum atomic E-state index is 10.8. The van der Waals surface area contributed by atoms with Gasteiger partial charge in [0.25, 0.3) is 6.47 Å². The molecule has 0 aromatic heterocycles. The van der Waals surface area contributed by atoms with Crippen LogP contribution in [0.2, 0.25) is 0 Å². The first-order valence-corrected chi connectivity index (χ1v) is 10.9. The predicted molar refractivity (Wildman–Crippen MR) is 138 cm³/mol. The van der Waals surface area contributed by atoms with Crippen LogP contribution in [0.15, 0.2) is 109 Å². The van der Waals surface area contributed by atoms with Crippen LogP contribution >= 0.6 is 0 Å². The van der Waals surface area contributed by atoms with Crippen molar-refractivity contribution in [3.05, 3.63) is 109 Å². The first kappa shape index (κ1) is 28.9. The number of allylic oxidation sites excluding steroid dienone is 10. The molecule has 0 spiro atoms. The Morgan fingerprint density at radius 3 is 2.00 bits per heavy atom. The van der Waals surface area contributed by atoms with Gasteiger partial charge < -0.3 is 9.47 Å². The largest absolute Gasteiger partial charge is 0.493 e. The molecule has 0 bridgehead atoms. The first-order valence-electron chi connectivity index (χ1n) is 10.9. The van der Waals surface area contributed by atoms with Crippen molar-refractivity contribution in [2.45, 2.75) is 47.0 Å². The summed E-state index contributed by atoms with van der Waals surface area (Å²) in [6.45, 7) is 33.4. The molecule has 0 aliphatic carbocycles. The Labute approximate surface area is 195 Å². The van der Waals surface area contributed by atoms with Crippen molar-refractivity contribution in [3.8, 4) is 0 Å². The monoisotopic (exact) mass is 436 g/mol. The molecule has 0 rings (SSSR count). The molecule has 174 valence electrons. The zero-order chi connectivity index (χ0) is 24.8. The van der Waals surface area contributed by atoms with Crippen LogP contribution < -0.4 is 0 Å². The molecule has 0 radical (unpaired) electrons. The summed E-state index contributed by atoms with van der Waals surface area (Å²) in [7, 11) is 1.45. The lowest BCUT2D eigenvalue weighted by Gasteiger charge is -2.14. The number of ether oxygens (including phenoxy) is 2. The third-order valence-corrected chi connectivity index (χ3v) is 5.23. The van der Waals surface area contributed by atoms with Gasteiger partial charge in [-0.3, -0.25) is 4.79 Å². The summed E-state index contributed by atoms with van der Waals surface area (Å²) in [5.41, 5.74) is 4.90. The zero-order valence-corrected chi connectivity index (χ0v) is 20.6. The second-order valence-corrected chi connectivity index (χ2v) is 8.21. The van der Waals surface area contributed by atoms with Gasteiger partial charge in [0.1, 0.15) is 0 Å². The molecule has 0 aromatic carbocycles. The summed E-state index contributed by atoms with van der Waals surface area (Å²) < 4.78 is 9.98. The number of rotatable bonds is 16. The fraction of sp³-hybridized carbons (Fsp3) is 0.345. The van der Waals surface area contributed by atoms with Crippen molar-refractivity contribution >= 4 is 6.47 Å². The lowest BCUT2D eigenvalue weighted by Crippen LogP contribution is -1.99. The van der Waals surface area contributed by atoms with Gasteiger partial charge in [-0.25, -0.2) is 0 Å². The summed E-state index contributed by atoms with van der Waals surface area (Å²) in [4.78, 5) is 10.8. The summed E-state index contributed by atoms with van der Waals surface area (Å²) in [5.74, 6) is 1.52. The molecule has 3 nitrogen and oxygen atoms in total. The third kappa shape index (κ3) is 10.3. The number of hydrogen-bond acceptors (Lipinski definition) is 3. The van der Waals surface area contributed by atoms with Gasteiger partial charge in [-0.05, 0) is 58.6 Å². The molecular weight excluding hydrogens is 396 g/mol. The van der Waals surface area contributed by atoms with E-state index in [1.165, 1.54) is 13.5 Å². The van der Waals surface area contributed by atoms with Crippen LogP contribution in [0.5, 0.6) is 0 Å². The van der Waals surface area contributed by atoms with E-state index in [0.29, 0.717) is 29.5 Å². The van der Waals surface area contributed by atoms with Crippen LogP contribution in [0.1, 0.15) is 47.0 Å². The van der Waals surface area contributed by atoms with Gasteiger partial charge in [0, 0.05) is 0 Å². The van der Waals surface area contributed by atoms with Crippen LogP contribution in [0.3, 0.4) is 0 Å². The Kier molecular flexibility index (Phi) is 13.4. The van der Waals surface area contributed by atoms with Gasteiger partial charge in [-0.2, -0.15) is 0 Å². The molecule has 1 unspecified atom stereocenters.